The number of phosphoric acid groups is 2. The van der Waals surface area contributed by atoms with Gasteiger partial charge in [0.15, 0.2) is 12.2 Å². The quantitative estimate of drug-likeness (QED) is 0.0762. The molecule has 0 saturated carbocycles. The van der Waals surface area contributed by atoms with Crippen LogP contribution >= 0.6 is 15.6 Å². The van der Waals surface area contributed by atoms with Gasteiger partial charge in [-0.05, 0) is 65.9 Å². The Balaban J connectivity index is 0.0000120. The molecule has 0 bridgehead atoms. The van der Waals surface area contributed by atoms with Crippen molar-refractivity contribution in [3.05, 3.63) is 87.7 Å². The monoisotopic (exact) mass is 925 g/mol. The second kappa shape index (κ2) is 19.9. The van der Waals surface area contributed by atoms with Crippen LogP contribution in [0.2, 0.25) is 0 Å². The van der Waals surface area contributed by atoms with Crippen molar-refractivity contribution in [2.45, 2.75) is 70.0 Å². The Hall–Kier alpha value is -3.50. The molecule has 3 rings (SSSR count). The number of alkyl halides is 9. The zero-order chi connectivity index (χ0) is 44.2. The van der Waals surface area contributed by atoms with Gasteiger partial charge >= 0.3 is 40.3 Å². The fourth-order valence-electron chi connectivity index (χ4n) is 5.40. The first-order valence-electron chi connectivity index (χ1n) is 16.4. The molecule has 0 fully saturated rings. The van der Waals surface area contributed by atoms with Gasteiger partial charge in [-0.15, -0.1) is 0 Å². The van der Waals surface area contributed by atoms with Crippen molar-refractivity contribution in [2.24, 2.45) is 0 Å². The van der Waals surface area contributed by atoms with E-state index in [1.54, 1.807) is 13.8 Å². The minimum atomic E-state index is -5.41. The normalized spacial score (nSPS) is 13.9. The number of quaternary nitrogens is 1. The molecule has 0 saturated heterocycles. The number of benzene rings is 3. The molecule has 3 aromatic carbocycles. The molecule has 26 heteroatoms. The summed E-state index contributed by atoms with van der Waals surface area (Å²) in [5.41, 5.74) is -5.73. The predicted molar refractivity (Wildman–Crippen MR) is 179 cm³/mol. The van der Waals surface area contributed by atoms with E-state index < -0.39 is 112 Å². The number of ether oxygens (including phenoxy) is 3. The number of hydrogen-bond acceptors (Lipinski definition) is 8. The van der Waals surface area contributed by atoms with E-state index in [-0.39, 0.29) is 58.6 Å². The van der Waals surface area contributed by atoms with Crippen molar-refractivity contribution in [1.29, 1.82) is 0 Å². The van der Waals surface area contributed by atoms with E-state index in [0.29, 0.717) is 12.1 Å². The average Bonchev–Trinajstić information content (AvgIpc) is 3.08. The van der Waals surface area contributed by atoms with Gasteiger partial charge in [-0.2, -0.15) is 39.5 Å². The van der Waals surface area contributed by atoms with Crippen LogP contribution in [0.5, 0.6) is 5.75 Å². The highest BCUT2D eigenvalue weighted by atomic mass is 35.5. The van der Waals surface area contributed by atoms with Crippen molar-refractivity contribution in [3.63, 3.8) is 0 Å². The number of nitrogens with two attached hydrogens (primary N) is 1. The zero-order valence-electron chi connectivity index (χ0n) is 30.7. The molecule has 332 valence electrons. The molecule has 59 heavy (non-hydrogen) atoms. The van der Waals surface area contributed by atoms with Gasteiger partial charge < -0.3 is 51.5 Å². The number of halogens is 11. The molecular weight excluding hydrogens is 890 g/mol. The topological polar surface area (TPSA) is 195 Å². The SMILES string of the molecule is COc1cc(F)c(C(C)C)cc1-c1ccc(C(F)(F)F)cc1C[NH2+][C@@H](C)[C@H](OC(=O)OC(COP(=O)(O)O)COP(=O)(O)O)c1cc(C(F)(F)F)cc(C(F)(F)F)c1.[Cl-]. The van der Waals surface area contributed by atoms with Crippen molar-refractivity contribution in [3.8, 4) is 16.9 Å². The Morgan fingerprint density at radius 3 is 1.68 bits per heavy atom. The lowest BCUT2D eigenvalue weighted by molar-refractivity contribution is -0.708. The second-order valence-electron chi connectivity index (χ2n) is 12.8. The maximum atomic E-state index is 14.9. The van der Waals surface area contributed by atoms with Gasteiger partial charge in [0.05, 0.1) is 37.0 Å². The van der Waals surface area contributed by atoms with E-state index >= 15 is 0 Å². The van der Waals surface area contributed by atoms with Crippen LogP contribution in [0.3, 0.4) is 0 Å². The summed E-state index contributed by atoms with van der Waals surface area (Å²) in [5.74, 6) is -1.23. The Kier molecular flexibility index (Phi) is 17.4. The summed E-state index contributed by atoms with van der Waals surface area (Å²) >= 11 is 0. The summed E-state index contributed by atoms with van der Waals surface area (Å²) in [4.78, 5) is 49.1. The van der Waals surface area contributed by atoms with Crippen LogP contribution in [-0.4, -0.2) is 58.2 Å². The smallest absolute Gasteiger partial charge is 0.509 e. The van der Waals surface area contributed by atoms with Gasteiger partial charge in [0.1, 0.15) is 24.2 Å². The molecule has 0 aliphatic rings. The summed E-state index contributed by atoms with van der Waals surface area (Å²) in [6.45, 7) is 1.14. The lowest BCUT2D eigenvalue weighted by Gasteiger charge is -2.26. The van der Waals surface area contributed by atoms with Crippen LogP contribution in [-0.2, 0) is 52.7 Å². The molecule has 0 aliphatic heterocycles. The van der Waals surface area contributed by atoms with E-state index in [1.165, 1.54) is 6.07 Å². The van der Waals surface area contributed by atoms with E-state index in [1.807, 2.05) is 0 Å². The Labute approximate surface area is 334 Å². The molecule has 0 unspecified atom stereocenters. The first-order chi connectivity index (χ1) is 26.4. The minimum absolute atomic E-state index is 0. The highest BCUT2D eigenvalue weighted by Gasteiger charge is 2.40. The number of phosphoric ester groups is 2. The summed E-state index contributed by atoms with van der Waals surface area (Å²) in [7, 11) is -9.54. The van der Waals surface area contributed by atoms with Crippen molar-refractivity contribution < 1.29 is 118 Å². The molecular formula is C33H36ClF10NO12P2. The lowest BCUT2D eigenvalue weighted by Crippen LogP contribution is -3.00. The van der Waals surface area contributed by atoms with Crippen LogP contribution < -0.4 is 22.5 Å². The Morgan fingerprint density at radius 1 is 0.729 bits per heavy atom. The number of carbonyl (C=O) groups excluding carboxylic acids is 1. The third-order valence-electron chi connectivity index (χ3n) is 8.13. The molecule has 3 aromatic rings. The Morgan fingerprint density at radius 2 is 1.24 bits per heavy atom. The fraction of sp³-hybridized carbons (Fsp3) is 0.424. The van der Waals surface area contributed by atoms with Crippen LogP contribution in [0.15, 0.2) is 48.5 Å². The van der Waals surface area contributed by atoms with E-state index in [4.69, 9.17) is 33.8 Å². The van der Waals surface area contributed by atoms with Crippen molar-refractivity contribution in [1.82, 2.24) is 0 Å². The van der Waals surface area contributed by atoms with Crippen LogP contribution in [0.25, 0.3) is 11.1 Å². The van der Waals surface area contributed by atoms with Crippen molar-refractivity contribution >= 4 is 21.8 Å². The highest BCUT2D eigenvalue weighted by molar-refractivity contribution is 7.46. The van der Waals surface area contributed by atoms with Crippen molar-refractivity contribution in [2.75, 3.05) is 20.3 Å². The molecule has 2 atom stereocenters. The average molecular weight is 926 g/mol. The van der Waals surface area contributed by atoms with Gasteiger partial charge in [-0.25, -0.2) is 18.3 Å². The molecule has 0 spiro atoms. The first-order valence-corrected chi connectivity index (χ1v) is 19.4. The molecule has 0 amide bonds. The fourth-order valence-corrected chi connectivity index (χ4v) is 6.12. The van der Waals surface area contributed by atoms with Gasteiger partial charge in [0, 0.05) is 17.2 Å². The predicted octanol–water partition coefficient (Wildman–Crippen LogP) is 4.62. The third kappa shape index (κ3) is 15.5. The second-order valence-corrected chi connectivity index (χ2v) is 15.3. The van der Waals surface area contributed by atoms with Crippen LogP contribution in [0.4, 0.5) is 48.7 Å². The Bertz CT molecular complexity index is 1970. The maximum absolute atomic E-state index is 14.9. The molecule has 0 aliphatic carbocycles. The van der Waals surface area contributed by atoms with Gasteiger partial charge in [-0.3, -0.25) is 9.05 Å². The standard InChI is InChI=1S/C33H35F10NO12P2.ClH/c1-16(2)25-11-26(28(52-4)12-27(25)34)24-6-5-20(31(35,36)37)9-19(24)13-44-17(3)29(18-7-21(32(38,39)40)10-22(8-18)33(41,42)43)56-30(45)55-23(14-53-57(46,47)48)15-54-58(49,50)51;/h5-12,16-17,23,29,44H,13-15H2,1-4H3,(H2,46,47,48)(H2,49,50,51);1H/t17-,29-;/m0./s1. The van der Waals surface area contributed by atoms with Crippen LogP contribution in [0, 0.1) is 5.82 Å². The summed E-state index contributed by atoms with van der Waals surface area (Å²) in [5, 5.41) is 1.08. The summed E-state index contributed by atoms with van der Waals surface area (Å²) in [6.07, 6.45) is -22.1. The molecule has 0 radical (unpaired) electrons. The van der Waals surface area contributed by atoms with Gasteiger partial charge in [0.2, 0.25) is 0 Å². The summed E-state index contributed by atoms with van der Waals surface area (Å²) in [6, 6.07) is 3.42. The highest BCUT2D eigenvalue weighted by Crippen LogP contribution is 2.42. The molecule has 0 aromatic heterocycles. The number of carbonyl (C=O) groups is 1. The number of methoxy groups -OCH3 is 1. The van der Waals surface area contributed by atoms with E-state index in [9.17, 15) is 57.8 Å². The first kappa shape index (κ1) is 51.6. The van der Waals surface area contributed by atoms with Crippen LogP contribution in [0.1, 0.15) is 66.2 Å². The molecule has 6 N–H and O–H groups in total. The maximum Gasteiger partial charge on any atom is 0.509 e. The number of rotatable bonds is 16. The largest absolute Gasteiger partial charge is 1.00 e. The lowest BCUT2D eigenvalue weighted by atomic mass is 9.92. The number of hydrogen-bond donors (Lipinski definition) is 5. The van der Waals surface area contributed by atoms with E-state index in [0.717, 1.165) is 31.5 Å². The van der Waals surface area contributed by atoms with Gasteiger partial charge in [-0.1, -0.05) is 19.9 Å². The minimum Gasteiger partial charge on any atom is -1.00 e. The third-order valence-corrected chi connectivity index (χ3v) is 9.10. The van der Waals surface area contributed by atoms with E-state index in [2.05, 4.69) is 9.05 Å². The molecule has 13 nitrogen and oxygen atoms in total. The zero-order valence-corrected chi connectivity index (χ0v) is 33.3. The molecule has 0 heterocycles. The summed E-state index contributed by atoms with van der Waals surface area (Å²) < 4.78 is 186. The van der Waals surface area contributed by atoms with Gasteiger partial charge in [0.25, 0.3) is 0 Å².